The van der Waals surface area contributed by atoms with Crippen LogP contribution >= 0.6 is 12.4 Å². The van der Waals surface area contributed by atoms with E-state index in [0.717, 1.165) is 41.6 Å². The van der Waals surface area contributed by atoms with Crippen molar-refractivity contribution in [2.45, 2.75) is 32.4 Å². The van der Waals surface area contributed by atoms with Crippen LogP contribution in [0.15, 0.2) is 48.5 Å². The molecule has 1 heterocycles. The molecule has 1 aliphatic carbocycles. The summed E-state index contributed by atoms with van der Waals surface area (Å²) in [5.41, 5.74) is 3.41. The molecule has 154 valence electrons. The third kappa shape index (κ3) is 4.98. The summed E-state index contributed by atoms with van der Waals surface area (Å²) >= 11 is 0. The smallest absolute Gasteiger partial charge is 0.181 e. The molecule has 1 aliphatic rings. The maximum Gasteiger partial charge on any atom is 0.181 e. The van der Waals surface area contributed by atoms with E-state index >= 15 is 0 Å². The first-order chi connectivity index (χ1) is 13.6. The standard InChI is InChI=1S/C23H28N4O.ClH/c1-26(2)15-18-8-5-9-20(14-18)22-24-23(19-10-12-21(28-3)13-11-19)27(25-22)16-17-6-4-7-17;/h5,8-14,17H,4,6-7,15-16H2,1-3H3;1H. The van der Waals surface area contributed by atoms with Crippen LogP contribution in [0.1, 0.15) is 24.8 Å². The Balaban J connectivity index is 0.00000240. The lowest BCUT2D eigenvalue weighted by Crippen LogP contribution is -2.19. The van der Waals surface area contributed by atoms with Gasteiger partial charge < -0.3 is 9.64 Å². The Kier molecular flexibility index (Phi) is 6.93. The zero-order chi connectivity index (χ0) is 19.5. The van der Waals surface area contributed by atoms with Gasteiger partial charge in [0.1, 0.15) is 5.75 Å². The Morgan fingerprint density at radius 3 is 2.45 bits per heavy atom. The van der Waals surface area contributed by atoms with Gasteiger partial charge in [-0.25, -0.2) is 9.67 Å². The highest BCUT2D eigenvalue weighted by Crippen LogP contribution is 2.31. The Labute approximate surface area is 179 Å². The first kappa shape index (κ1) is 21.3. The lowest BCUT2D eigenvalue weighted by Gasteiger charge is -2.25. The highest BCUT2D eigenvalue weighted by Gasteiger charge is 2.22. The average Bonchev–Trinajstić information content (AvgIpc) is 3.08. The van der Waals surface area contributed by atoms with Gasteiger partial charge in [0.15, 0.2) is 11.6 Å². The molecule has 0 spiro atoms. The van der Waals surface area contributed by atoms with Gasteiger partial charge in [0.2, 0.25) is 0 Å². The molecule has 0 unspecified atom stereocenters. The molecule has 1 fully saturated rings. The Bertz CT molecular complexity index is 932. The fraction of sp³-hybridized carbons (Fsp3) is 0.391. The van der Waals surface area contributed by atoms with Crippen LogP contribution in [-0.4, -0.2) is 40.9 Å². The van der Waals surface area contributed by atoms with Gasteiger partial charge >= 0.3 is 0 Å². The van der Waals surface area contributed by atoms with Gasteiger partial charge in [-0.05, 0) is 68.8 Å². The maximum atomic E-state index is 5.30. The van der Waals surface area contributed by atoms with Gasteiger partial charge in [0.25, 0.3) is 0 Å². The van der Waals surface area contributed by atoms with Gasteiger partial charge in [-0.1, -0.05) is 24.6 Å². The van der Waals surface area contributed by atoms with Crippen molar-refractivity contribution in [3.05, 3.63) is 54.1 Å². The molecule has 5 nitrogen and oxygen atoms in total. The lowest BCUT2D eigenvalue weighted by molar-refractivity contribution is 0.268. The molecule has 0 radical (unpaired) electrons. The second kappa shape index (κ2) is 9.42. The zero-order valence-electron chi connectivity index (χ0n) is 17.3. The van der Waals surface area contributed by atoms with Crippen molar-refractivity contribution >= 4 is 12.4 Å². The van der Waals surface area contributed by atoms with Gasteiger partial charge in [0.05, 0.1) is 7.11 Å². The monoisotopic (exact) mass is 412 g/mol. The summed E-state index contributed by atoms with van der Waals surface area (Å²) in [7, 11) is 5.85. The van der Waals surface area contributed by atoms with Gasteiger partial charge in [-0.15, -0.1) is 12.4 Å². The van der Waals surface area contributed by atoms with Gasteiger partial charge in [-0.3, -0.25) is 0 Å². The third-order valence-electron chi connectivity index (χ3n) is 5.36. The summed E-state index contributed by atoms with van der Waals surface area (Å²) in [5.74, 6) is 3.30. The summed E-state index contributed by atoms with van der Waals surface area (Å²) in [6, 6.07) is 16.6. The number of methoxy groups -OCH3 is 1. The SMILES string of the molecule is COc1ccc(-c2nc(-c3cccc(CN(C)C)c3)nn2CC2CCC2)cc1.Cl. The number of nitrogens with zero attached hydrogens (tertiary/aromatic N) is 4. The van der Waals surface area contributed by atoms with Crippen LogP contribution in [0.2, 0.25) is 0 Å². The molecule has 2 aromatic carbocycles. The molecule has 0 saturated heterocycles. The lowest BCUT2D eigenvalue weighted by atomic mass is 9.85. The van der Waals surface area contributed by atoms with Crippen LogP contribution in [0.5, 0.6) is 5.75 Å². The van der Waals surface area contributed by atoms with E-state index in [-0.39, 0.29) is 12.4 Å². The van der Waals surface area contributed by atoms with E-state index in [1.165, 1.54) is 24.8 Å². The summed E-state index contributed by atoms with van der Waals surface area (Å²) in [5, 5.41) is 4.90. The van der Waals surface area contributed by atoms with Crippen molar-refractivity contribution in [2.24, 2.45) is 5.92 Å². The van der Waals surface area contributed by atoms with Crippen molar-refractivity contribution in [3.8, 4) is 28.5 Å². The van der Waals surface area contributed by atoms with Gasteiger partial charge in [-0.2, -0.15) is 5.10 Å². The van der Waals surface area contributed by atoms with Crippen molar-refractivity contribution in [1.82, 2.24) is 19.7 Å². The number of ether oxygens (including phenoxy) is 1. The highest BCUT2D eigenvalue weighted by molar-refractivity contribution is 5.85. The second-order valence-electron chi connectivity index (χ2n) is 7.90. The molecule has 0 bridgehead atoms. The van der Waals surface area contributed by atoms with Crippen molar-refractivity contribution < 1.29 is 4.74 Å². The van der Waals surface area contributed by atoms with E-state index in [0.29, 0.717) is 5.92 Å². The first-order valence-electron chi connectivity index (χ1n) is 9.95. The number of benzene rings is 2. The number of halogens is 1. The summed E-state index contributed by atoms with van der Waals surface area (Å²) in [6.07, 6.45) is 3.90. The second-order valence-corrected chi connectivity index (χ2v) is 7.90. The molecule has 1 saturated carbocycles. The Hall–Kier alpha value is -2.37. The van der Waals surface area contributed by atoms with Crippen molar-refractivity contribution in [2.75, 3.05) is 21.2 Å². The highest BCUT2D eigenvalue weighted by atomic mass is 35.5. The fourth-order valence-electron chi connectivity index (χ4n) is 3.64. The summed E-state index contributed by atoms with van der Waals surface area (Å²) in [6.45, 7) is 1.84. The molecule has 1 aromatic heterocycles. The van der Waals surface area contributed by atoms with Crippen molar-refractivity contribution in [1.29, 1.82) is 0 Å². The first-order valence-corrected chi connectivity index (χ1v) is 9.95. The van der Waals surface area contributed by atoms with E-state index in [1.807, 2.05) is 12.1 Å². The molecule has 6 heteroatoms. The van der Waals surface area contributed by atoms with E-state index < -0.39 is 0 Å². The summed E-state index contributed by atoms with van der Waals surface area (Å²) < 4.78 is 7.40. The topological polar surface area (TPSA) is 43.2 Å². The molecule has 29 heavy (non-hydrogen) atoms. The van der Waals surface area contributed by atoms with E-state index in [2.05, 4.69) is 60.1 Å². The molecule has 0 N–H and O–H groups in total. The van der Waals surface area contributed by atoms with Crippen LogP contribution in [0.25, 0.3) is 22.8 Å². The molecular formula is C23H29ClN4O. The Morgan fingerprint density at radius 1 is 1.07 bits per heavy atom. The predicted molar refractivity (Wildman–Crippen MR) is 119 cm³/mol. The molecule has 0 amide bonds. The van der Waals surface area contributed by atoms with Crippen LogP contribution in [-0.2, 0) is 13.1 Å². The average molecular weight is 413 g/mol. The summed E-state index contributed by atoms with van der Waals surface area (Å²) in [4.78, 5) is 7.11. The molecule has 0 atom stereocenters. The number of hydrogen-bond donors (Lipinski definition) is 0. The van der Waals surface area contributed by atoms with Crippen LogP contribution in [0, 0.1) is 5.92 Å². The molecule has 3 aromatic rings. The number of aromatic nitrogens is 3. The predicted octanol–water partition coefficient (Wildman–Crippen LogP) is 4.90. The van der Waals surface area contributed by atoms with Gasteiger partial charge in [0, 0.05) is 24.2 Å². The molecule has 4 rings (SSSR count). The largest absolute Gasteiger partial charge is 0.497 e. The van der Waals surface area contributed by atoms with Crippen molar-refractivity contribution in [3.63, 3.8) is 0 Å². The Morgan fingerprint density at radius 2 is 1.83 bits per heavy atom. The van der Waals surface area contributed by atoms with E-state index in [1.54, 1.807) is 7.11 Å². The fourth-order valence-corrected chi connectivity index (χ4v) is 3.64. The van der Waals surface area contributed by atoms with E-state index in [4.69, 9.17) is 14.8 Å². The normalized spacial score (nSPS) is 13.8. The minimum atomic E-state index is 0. The van der Waals surface area contributed by atoms with Crippen LogP contribution < -0.4 is 4.74 Å². The minimum absolute atomic E-state index is 0. The zero-order valence-corrected chi connectivity index (χ0v) is 18.2. The van der Waals surface area contributed by atoms with Crippen LogP contribution in [0.3, 0.4) is 0 Å². The maximum absolute atomic E-state index is 5.30. The van der Waals surface area contributed by atoms with E-state index in [9.17, 15) is 0 Å². The minimum Gasteiger partial charge on any atom is -0.497 e. The number of rotatable bonds is 7. The van der Waals surface area contributed by atoms with Crippen LogP contribution in [0.4, 0.5) is 0 Å². The number of hydrogen-bond acceptors (Lipinski definition) is 4. The molecular weight excluding hydrogens is 384 g/mol. The third-order valence-corrected chi connectivity index (χ3v) is 5.36. The quantitative estimate of drug-likeness (QED) is 0.553. The molecule has 0 aliphatic heterocycles.